The van der Waals surface area contributed by atoms with Crippen molar-refractivity contribution in [3.05, 3.63) is 35.7 Å². The summed E-state index contributed by atoms with van der Waals surface area (Å²) in [5.74, 6) is 1.20. The molecule has 0 bridgehead atoms. The van der Waals surface area contributed by atoms with Crippen LogP contribution in [-0.4, -0.2) is 16.7 Å². The quantitative estimate of drug-likeness (QED) is 0.899. The topological polar surface area (TPSA) is 64.9 Å². The van der Waals surface area contributed by atoms with E-state index in [1.807, 2.05) is 26.0 Å². The molecule has 0 atom stereocenters. The molecule has 2 aromatic rings. The minimum absolute atomic E-state index is 0.283. The van der Waals surface area contributed by atoms with Gasteiger partial charge in [-0.15, -0.1) is 0 Å². The third-order valence-electron chi connectivity index (χ3n) is 3.14. The average molecular weight is 245 g/mol. The highest BCUT2D eigenvalue weighted by Crippen LogP contribution is 2.23. The van der Waals surface area contributed by atoms with Gasteiger partial charge in [0.1, 0.15) is 0 Å². The van der Waals surface area contributed by atoms with Crippen LogP contribution < -0.4 is 5.73 Å². The van der Waals surface area contributed by atoms with E-state index in [2.05, 4.69) is 29.2 Å². The van der Waals surface area contributed by atoms with Crippen molar-refractivity contribution in [2.75, 3.05) is 6.54 Å². The monoisotopic (exact) mass is 245 g/mol. The summed E-state index contributed by atoms with van der Waals surface area (Å²) >= 11 is 0. The Balaban J connectivity index is 2.29. The lowest BCUT2D eigenvalue weighted by atomic mass is 9.94. The molecule has 0 radical (unpaired) electrons. The molecule has 4 heteroatoms. The molecule has 0 aliphatic heterocycles. The fraction of sp³-hybridized carbons (Fsp3) is 0.429. The maximum atomic E-state index is 5.70. The minimum Gasteiger partial charge on any atom is -0.338 e. The molecule has 96 valence electrons. The van der Waals surface area contributed by atoms with Gasteiger partial charge >= 0.3 is 0 Å². The molecule has 1 heterocycles. The highest BCUT2D eigenvalue weighted by Gasteiger charge is 2.26. The highest BCUT2D eigenvalue weighted by atomic mass is 16.5. The van der Waals surface area contributed by atoms with Crippen molar-refractivity contribution < 1.29 is 4.52 Å². The molecule has 0 aliphatic rings. The van der Waals surface area contributed by atoms with Crippen LogP contribution in [0.5, 0.6) is 0 Å². The summed E-state index contributed by atoms with van der Waals surface area (Å²) in [5.41, 5.74) is 7.68. The molecule has 1 aromatic heterocycles. The second-order valence-electron chi connectivity index (χ2n) is 5.06. The van der Waals surface area contributed by atoms with Crippen molar-refractivity contribution in [2.24, 2.45) is 5.73 Å². The molecular formula is C14H19N3O. The molecule has 2 rings (SSSR count). The van der Waals surface area contributed by atoms with Crippen LogP contribution in [0.2, 0.25) is 0 Å². The summed E-state index contributed by atoms with van der Waals surface area (Å²) in [6.07, 6.45) is 1.03. The maximum absolute atomic E-state index is 5.70. The largest absolute Gasteiger partial charge is 0.338 e. The van der Waals surface area contributed by atoms with Gasteiger partial charge in [0.15, 0.2) is 0 Å². The molecule has 4 nitrogen and oxygen atoms in total. The number of nitrogens with zero attached hydrogens (tertiary/aromatic N) is 2. The molecule has 0 spiro atoms. The van der Waals surface area contributed by atoms with E-state index in [4.69, 9.17) is 10.3 Å². The number of aromatic nitrogens is 2. The zero-order chi connectivity index (χ0) is 13.2. The Bertz CT molecular complexity index is 514. The fourth-order valence-corrected chi connectivity index (χ4v) is 1.59. The highest BCUT2D eigenvalue weighted by molar-refractivity contribution is 5.54. The van der Waals surface area contributed by atoms with Gasteiger partial charge in [-0.2, -0.15) is 4.98 Å². The molecule has 0 saturated heterocycles. The summed E-state index contributed by atoms with van der Waals surface area (Å²) in [6.45, 7) is 6.59. The maximum Gasteiger partial charge on any atom is 0.233 e. The zero-order valence-electron chi connectivity index (χ0n) is 11.1. The first kappa shape index (κ1) is 12.8. The molecule has 0 saturated carbocycles. The van der Waals surface area contributed by atoms with Gasteiger partial charge in [0.25, 0.3) is 0 Å². The Morgan fingerprint density at radius 1 is 1.22 bits per heavy atom. The van der Waals surface area contributed by atoms with E-state index in [0.29, 0.717) is 18.3 Å². The summed E-state index contributed by atoms with van der Waals surface area (Å²) in [6, 6.07) is 8.20. The lowest BCUT2D eigenvalue weighted by Crippen LogP contribution is -2.28. The normalized spacial score (nSPS) is 11.8. The van der Waals surface area contributed by atoms with Crippen LogP contribution in [0.1, 0.15) is 32.2 Å². The van der Waals surface area contributed by atoms with Gasteiger partial charge in [-0.1, -0.05) is 36.3 Å². The average Bonchev–Trinajstić information content (AvgIpc) is 2.89. The molecule has 0 fully saturated rings. The lowest BCUT2D eigenvalue weighted by molar-refractivity contribution is 0.311. The van der Waals surface area contributed by atoms with Crippen LogP contribution in [0.3, 0.4) is 0 Å². The van der Waals surface area contributed by atoms with E-state index in [0.717, 1.165) is 12.0 Å². The first-order valence-corrected chi connectivity index (χ1v) is 6.20. The second kappa shape index (κ2) is 4.90. The number of nitrogens with two attached hydrogens (primary N) is 1. The minimum atomic E-state index is -0.283. The second-order valence-corrected chi connectivity index (χ2v) is 5.06. The number of rotatable bonds is 4. The number of aryl methyl sites for hydroxylation is 1. The van der Waals surface area contributed by atoms with Gasteiger partial charge in [-0.05, 0) is 25.8 Å². The Kier molecular flexibility index (Phi) is 3.48. The summed E-state index contributed by atoms with van der Waals surface area (Å²) in [5, 5.41) is 4.01. The van der Waals surface area contributed by atoms with Crippen LogP contribution in [-0.2, 0) is 11.8 Å². The molecule has 2 N–H and O–H groups in total. The van der Waals surface area contributed by atoms with Gasteiger partial charge in [-0.3, -0.25) is 0 Å². The van der Waals surface area contributed by atoms with Gasteiger partial charge in [0.2, 0.25) is 11.7 Å². The molecule has 0 unspecified atom stereocenters. The Morgan fingerprint density at radius 2 is 1.89 bits per heavy atom. The van der Waals surface area contributed by atoms with E-state index in [9.17, 15) is 0 Å². The SMILES string of the molecule is CCc1ccc(-c2noc(C(C)(C)CN)n2)cc1. The van der Waals surface area contributed by atoms with Gasteiger partial charge in [0, 0.05) is 12.1 Å². The van der Waals surface area contributed by atoms with Crippen molar-refractivity contribution in [2.45, 2.75) is 32.6 Å². The summed E-state index contributed by atoms with van der Waals surface area (Å²) < 4.78 is 5.29. The number of benzene rings is 1. The Labute approximate surface area is 107 Å². The Morgan fingerprint density at radius 3 is 2.44 bits per heavy atom. The van der Waals surface area contributed by atoms with Gasteiger partial charge in [0.05, 0.1) is 5.41 Å². The van der Waals surface area contributed by atoms with Crippen molar-refractivity contribution >= 4 is 0 Å². The zero-order valence-corrected chi connectivity index (χ0v) is 11.1. The van der Waals surface area contributed by atoms with Crippen LogP contribution >= 0.6 is 0 Å². The van der Waals surface area contributed by atoms with E-state index < -0.39 is 0 Å². The van der Waals surface area contributed by atoms with E-state index in [-0.39, 0.29) is 5.41 Å². The van der Waals surface area contributed by atoms with Gasteiger partial charge in [-0.25, -0.2) is 0 Å². The first-order valence-electron chi connectivity index (χ1n) is 6.20. The van der Waals surface area contributed by atoms with Crippen molar-refractivity contribution in [1.82, 2.24) is 10.1 Å². The van der Waals surface area contributed by atoms with E-state index in [1.54, 1.807) is 0 Å². The van der Waals surface area contributed by atoms with Crippen LogP contribution in [0.4, 0.5) is 0 Å². The molecule has 0 amide bonds. The van der Waals surface area contributed by atoms with Gasteiger partial charge < -0.3 is 10.3 Å². The van der Waals surface area contributed by atoms with Crippen LogP contribution in [0, 0.1) is 0 Å². The number of hydrogen-bond donors (Lipinski definition) is 1. The predicted octanol–water partition coefficient (Wildman–Crippen LogP) is 2.54. The van der Waals surface area contributed by atoms with Crippen LogP contribution in [0.15, 0.2) is 28.8 Å². The van der Waals surface area contributed by atoms with Crippen molar-refractivity contribution in [1.29, 1.82) is 0 Å². The standard InChI is InChI=1S/C14H19N3O/c1-4-10-5-7-11(8-6-10)12-16-13(18-17-12)14(2,3)9-15/h5-8H,4,9,15H2,1-3H3. The van der Waals surface area contributed by atoms with E-state index >= 15 is 0 Å². The first-order chi connectivity index (χ1) is 8.56. The number of hydrogen-bond acceptors (Lipinski definition) is 4. The summed E-state index contributed by atoms with van der Waals surface area (Å²) in [4.78, 5) is 4.42. The predicted molar refractivity (Wildman–Crippen MR) is 71.2 cm³/mol. The third-order valence-corrected chi connectivity index (χ3v) is 3.14. The molecule has 0 aliphatic carbocycles. The van der Waals surface area contributed by atoms with E-state index in [1.165, 1.54) is 5.56 Å². The Hall–Kier alpha value is -1.68. The lowest BCUT2D eigenvalue weighted by Gasteiger charge is -2.15. The smallest absolute Gasteiger partial charge is 0.233 e. The molecular weight excluding hydrogens is 226 g/mol. The summed E-state index contributed by atoms with van der Waals surface area (Å²) in [7, 11) is 0. The molecule has 18 heavy (non-hydrogen) atoms. The molecule has 1 aromatic carbocycles. The third kappa shape index (κ3) is 2.43. The van der Waals surface area contributed by atoms with Crippen molar-refractivity contribution in [3.63, 3.8) is 0 Å². The fourth-order valence-electron chi connectivity index (χ4n) is 1.59. The van der Waals surface area contributed by atoms with Crippen LogP contribution in [0.25, 0.3) is 11.4 Å². The van der Waals surface area contributed by atoms with Crippen molar-refractivity contribution in [3.8, 4) is 11.4 Å².